The molecule has 0 bridgehead atoms. The van der Waals surface area contributed by atoms with Crippen LogP contribution in [-0.4, -0.2) is 38.7 Å². The normalized spacial score (nSPS) is 12.0. The number of rotatable bonds is 6. The fraction of sp³-hybridized carbons (Fsp3) is 0.538. The number of hydrogen-bond donors (Lipinski definition) is 2. The molecule has 1 amide bonds. The number of amides is 1. The monoisotopic (exact) mass is 297 g/mol. The van der Waals surface area contributed by atoms with E-state index >= 15 is 0 Å². The molecule has 0 radical (unpaired) electrons. The molecule has 0 aliphatic carbocycles. The Balaban J connectivity index is 2.82. The summed E-state index contributed by atoms with van der Waals surface area (Å²) >= 11 is 1.12. The Hall–Kier alpha value is -1.63. The van der Waals surface area contributed by atoms with Crippen molar-refractivity contribution in [3.05, 3.63) is 17.1 Å². The van der Waals surface area contributed by atoms with Crippen molar-refractivity contribution in [1.82, 2.24) is 15.3 Å². The minimum Gasteiger partial charge on any atom is -0.478 e. The Labute approximate surface area is 122 Å². The average molecular weight is 297 g/mol. The maximum Gasteiger partial charge on any atom is 0.340 e. The lowest BCUT2D eigenvalue weighted by atomic mass is 10.2. The van der Waals surface area contributed by atoms with E-state index in [4.69, 9.17) is 0 Å². The van der Waals surface area contributed by atoms with Gasteiger partial charge < -0.3 is 10.4 Å². The van der Waals surface area contributed by atoms with Crippen molar-refractivity contribution in [3.8, 4) is 0 Å². The second-order valence-corrected chi connectivity index (χ2v) is 5.47. The van der Waals surface area contributed by atoms with E-state index < -0.39 is 5.97 Å². The third-order valence-corrected chi connectivity index (χ3v) is 3.72. The number of nitrogens with one attached hydrogen (secondary N) is 1. The average Bonchev–Trinajstić information content (AvgIpc) is 2.34. The molecule has 1 unspecified atom stereocenters. The first-order valence-electron chi connectivity index (χ1n) is 6.35. The molecule has 0 spiro atoms. The lowest BCUT2D eigenvalue weighted by Gasteiger charge is -2.12. The van der Waals surface area contributed by atoms with Gasteiger partial charge in [0.25, 0.3) is 0 Å². The van der Waals surface area contributed by atoms with Crippen LogP contribution in [0.5, 0.6) is 0 Å². The van der Waals surface area contributed by atoms with E-state index in [1.54, 1.807) is 13.8 Å². The van der Waals surface area contributed by atoms with Crippen LogP contribution in [0.4, 0.5) is 0 Å². The summed E-state index contributed by atoms with van der Waals surface area (Å²) in [5.74, 6) is -0.570. The summed E-state index contributed by atoms with van der Waals surface area (Å²) in [6.07, 6.45) is 0.850. The van der Waals surface area contributed by atoms with Crippen molar-refractivity contribution in [1.29, 1.82) is 0 Å². The van der Waals surface area contributed by atoms with E-state index in [0.29, 0.717) is 16.5 Å². The van der Waals surface area contributed by atoms with Crippen LogP contribution in [0.3, 0.4) is 0 Å². The number of hydrogen-bond acceptors (Lipinski definition) is 5. The van der Waals surface area contributed by atoms with Gasteiger partial charge >= 0.3 is 5.97 Å². The molecule has 1 atom stereocenters. The summed E-state index contributed by atoms with van der Waals surface area (Å²) in [4.78, 5) is 31.1. The van der Waals surface area contributed by atoms with E-state index in [0.717, 1.165) is 18.2 Å². The van der Waals surface area contributed by atoms with E-state index in [1.807, 2.05) is 13.8 Å². The molecule has 0 saturated heterocycles. The smallest absolute Gasteiger partial charge is 0.340 e. The molecule has 0 aliphatic heterocycles. The molecule has 6 nitrogen and oxygen atoms in total. The molecule has 2 N–H and O–H groups in total. The van der Waals surface area contributed by atoms with Crippen molar-refractivity contribution in [2.75, 3.05) is 5.75 Å². The second-order valence-electron chi connectivity index (χ2n) is 4.51. The van der Waals surface area contributed by atoms with Crippen molar-refractivity contribution in [2.24, 2.45) is 0 Å². The highest BCUT2D eigenvalue weighted by Crippen LogP contribution is 2.22. The quantitative estimate of drug-likeness (QED) is 0.614. The largest absolute Gasteiger partial charge is 0.478 e. The summed E-state index contributed by atoms with van der Waals surface area (Å²) in [7, 11) is 0. The molecule has 0 fully saturated rings. The van der Waals surface area contributed by atoms with Crippen molar-refractivity contribution >= 4 is 23.6 Å². The van der Waals surface area contributed by atoms with Crippen LogP contribution in [0.15, 0.2) is 5.03 Å². The van der Waals surface area contributed by atoms with Crippen LogP contribution in [0.1, 0.15) is 42.1 Å². The Kier molecular flexibility index (Phi) is 5.94. The maximum absolute atomic E-state index is 11.7. The highest BCUT2D eigenvalue weighted by atomic mass is 32.2. The fourth-order valence-corrected chi connectivity index (χ4v) is 2.51. The Morgan fingerprint density at radius 2 is 2.00 bits per heavy atom. The molecule has 1 aromatic rings. The van der Waals surface area contributed by atoms with Gasteiger partial charge in [0.05, 0.1) is 11.4 Å². The van der Waals surface area contributed by atoms with Crippen molar-refractivity contribution in [2.45, 2.75) is 45.2 Å². The number of aromatic nitrogens is 2. The van der Waals surface area contributed by atoms with Gasteiger partial charge in [0, 0.05) is 6.04 Å². The number of carbonyl (C=O) groups is 2. The molecule has 1 rings (SSSR count). The summed E-state index contributed by atoms with van der Waals surface area (Å²) in [5.41, 5.74) is 0.478. The van der Waals surface area contributed by atoms with Crippen LogP contribution in [0.25, 0.3) is 0 Å². The fourth-order valence-electron chi connectivity index (χ4n) is 1.58. The summed E-state index contributed by atoms with van der Waals surface area (Å²) in [5, 5.41) is 12.4. The lowest BCUT2D eigenvalue weighted by Crippen LogP contribution is -2.33. The molecular weight excluding hydrogens is 278 g/mol. The molecule has 1 heterocycles. The Morgan fingerprint density at radius 3 is 2.55 bits per heavy atom. The standard InChI is InChI=1S/C13H19N3O3S/c1-5-7(2)14-10(17)6-20-12-11(13(18)19)8(3)15-9(4)16-12/h7H,5-6H2,1-4H3,(H,14,17)(H,18,19). The van der Waals surface area contributed by atoms with Crippen LogP contribution in [0, 0.1) is 13.8 Å². The summed E-state index contributed by atoms with van der Waals surface area (Å²) in [6, 6.07) is 0.107. The molecular formula is C13H19N3O3S. The van der Waals surface area contributed by atoms with E-state index in [2.05, 4.69) is 15.3 Å². The molecule has 20 heavy (non-hydrogen) atoms. The topological polar surface area (TPSA) is 92.2 Å². The molecule has 0 aromatic carbocycles. The Bertz CT molecular complexity index is 520. The van der Waals surface area contributed by atoms with Crippen LogP contribution >= 0.6 is 11.8 Å². The zero-order valence-corrected chi connectivity index (χ0v) is 12.9. The molecule has 1 aromatic heterocycles. The molecule has 110 valence electrons. The number of thioether (sulfide) groups is 1. The SMILES string of the molecule is CCC(C)NC(=O)CSc1nc(C)nc(C)c1C(=O)O. The number of aryl methyl sites for hydroxylation is 2. The second kappa shape index (κ2) is 7.23. The van der Waals surface area contributed by atoms with E-state index in [1.165, 1.54) is 0 Å². The van der Waals surface area contributed by atoms with Crippen LogP contribution in [0.2, 0.25) is 0 Å². The first kappa shape index (κ1) is 16.4. The van der Waals surface area contributed by atoms with Gasteiger partial charge in [-0.25, -0.2) is 14.8 Å². The van der Waals surface area contributed by atoms with Gasteiger partial charge in [0.15, 0.2) is 0 Å². The first-order valence-corrected chi connectivity index (χ1v) is 7.34. The molecule has 7 heteroatoms. The number of carboxylic acid groups (broad SMARTS) is 1. The maximum atomic E-state index is 11.7. The predicted octanol–water partition coefficient (Wildman–Crippen LogP) is 1.80. The number of carbonyl (C=O) groups excluding carboxylic acids is 1. The Morgan fingerprint density at radius 1 is 1.35 bits per heavy atom. The highest BCUT2D eigenvalue weighted by molar-refractivity contribution is 8.00. The van der Waals surface area contributed by atoms with Gasteiger partial charge in [0.1, 0.15) is 16.4 Å². The first-order chi connectivity index (χ1) is 9.35. The van der Waals surface area contributed by atoms with Gasteiger partial charge in [-0.1, -0.05) is 18.7 Å². The van der Waals surface area contributed by atoms with Crippen molar-refractivity contribution in [3.63, 3.8) is 0 Å². The number of aromatic carboxylic acids is 1. The van der Waals surface area contributed by atoms with Crippen molar-refractivity contribution < 1.29 is 14.7 Å². The van der Waals surface area contributed by atoms with Gasteiger partial charge in [-0.05, 0) is 27.2 Å². The van der Waals surface area contributed by atoms with Crippen LogP contribution < -0.4 is 5.32 Å². The van der Waals surface area contributed by atoms with Gasteiger partial charge in [-0.3, -0.25) is 4.79 Å². The highest BCUT2D eigenvalue weighted by Gasteiger charge is 2.18. The lowest BCUT2D eigenvalue weighted by molar-refractivity contribution is -0.119. The van der Waals surface area contributed by atoms with Gasteiger partial charge in [-0.2, -0.15) is 0 Å². The zero-order chi connectivity index (χ0) is 15.3. The number of nitrogens with zero attached hydrogens (tertiary/aromatic N) is 2. The van der Waals surface area contributed by atoms with E-state index in [9.17, 15) is 14.7 Å². The zero-order valence-electron chi connectivity index (χ0n) is 12.1. The minimum absolute atomic E-state index is 0.0666. The van der Waals surface area contributed by atoms with Gasteiger partial charge in [0.2, 0.25) is 5.91 Å². The van der Waals surface area contributed by atoms with Crippen LogP contribution in [-0.2, 0) is 4.79 Å². The minimum atomic E-state index is -1.08. The molecule has 0 saturated carbocycles. The summed E-state index contributed by atoms with van der Waals surface area (Å²) in [6.45, 7) is 7.23. The van der Waals surface area contributed by atoms with E-state index in [-0.39, 0.29) is 23.3 Å². The van der Waals surface area contributed by atoms with Gasteiger partial charge in [-0.15, -0.1) is 0 Å². The number of carboxylic acids is 1. The third-order valence-electron chi connectivity index (χ3n) is 2.74. The third kappa shape index (κ3) is 4.48. The predicted molar refractivity (Wildman–Crippen MR) is 77.1 cm³/mol. The summed E-state index contributed by atoms with van der Waals surface area (Å²) < 4.78 is 0. The molecule has 0 aliphatic rings.